The Labute approximate surface area is 369 Å². The van der Waals surface area contributed by atoms with Crippen molar-refractivity contribution in [3.05, 3.63) is 117 Å². The molecule has 3 aromatic carbocycles. The highest BCUT2D eigenvalue weighted by atomic mass is 35.5. The van der Waals surface area contributed by atoms with Crippen LogP contribution in [0.1, 0.15) is 98.0 Å². The van der Waals surface area contributed by atoms with Crippen LogP contribution >= 0.6 is 11.6 Å². The second kappa shape index (κ2) is 17.3. The van der Waals surface area contributed by atoms with Crippen molar-refractivity contribution in [2.45, 2.75) is 89.8 Å². The van der Waals surface area contributed by atoms with Crippen molar-refractivity contribution in [2.24, 2.45) is 11.3 Å². The van der Waals surface area contributed by atoms with Crippen LogP contribution in [0.25, 0.3) is 4.85 Å². The molecular formula is C49H55ClN8O4. The van der Waals surface area contributed by atoms with Crippen LogP contribution < -0.4 is 19.9 Å². The number of imide groups is 1. The Balaban J connectivity index is 0.708. The number of anilines is 2. The number of benzene rings is 3. The maximum absolute atomic E-state index is 13.2. The summed E-state index contributed by atoms with van der Waals surface area (Å²) in [4.78, 5) is 59.6. The molecular weight excluding hydrogens is 800 g/mol. The molecule has 4 fully saturated rings. The molecule has 0 aliphatic carbocycles. The first-order chi connectivity index (χ1) is 29.9. The van der Waals surface area contributed by atoms with Gasteiger partial charge < -0.3 is 24.3 Å². The van der Waals surface area contributed by atoms with Crippen LogP contribution in [0.4, 0.5) is 17.3 Å². The molecule has 5 aliphatic heterocycles. The van der Waals surface area contributed by atoms with Gasteiger partial charge in [0.25, 0.3) is 5.91 Å². The summed E-state index contributed by atoms with van der Waals surface area (Å²) in [5.41, 5.74) is 6.33. The Morgan fingerprint density at radius 3 is 2.34 bits per heavy atom. The van der Waals surface area contributed by atoms with Crippen molar-refractivity contribution in [3.8, 4) is 5.75 Å². The Morgan fingerprint density at radius 1 is 0.871 bits per heavy atom. The van der Waals surface area contributed by atoms with Gasteiger partial charge in [-0.25, -0.2) is 14.8 Å². The Bertz CT molecular complexity index is 2370. The van der Waals surface area contributed by atoms with Gasteiger partial charge in [-0.05, 0) is 135 Å². The normalized spacial score (nSPS) is 20.9. The highest BCUT2D eigenvalue weighted by molar-refractivity contribution is 6.31. The summed E-state index contributed by atoms with van der Waals surface area (Å²) in [5, 5.41) is 2.96. The molecule has 4 saturated heterocycles. The van der Waals surface area contributed by atoms with Crippen molar-refractivity contribution in [2.75, 3.05) is 55.6 Å². The maximum Gasteiger partial charge on any atom is 0.255 e. The van der Waals surface area contributed by atoms with Crippen molar-refractivity contribution < 1.29 is 19.1 Å². The van der Waals surface area contributed by atoms with Crippen molar-refractivity contribution in [1.82, 2.24) is 25.1 Å². The molecule has 0 bridgehead atoms. The first-order valence-corrected chi connectivity index (χ1v) is 22.6. The van der Waals surface area contributed by atoms with Crippen molar-refractivity contribution in [1.29, 1.82) is 0 Å². The van der Waals surface area contributed by atoms with Gasteiger partial charge >= 0.3 is 0 Å². The fraction of sp³-hybridized carbons (Fsp3) is 0.469. The minimum absolute atomic E-state index is 0.121. The summed E-state index contributed by atoms with van der Waals surface area (Å²) in [6.45, 7) is 19.9. The number of likely N-dealkylation sites (tertiary alicyclic amines) is 1. The number of nitrogens with one attached hydrogen (secondary N) is 1. The van der Waals surface area contributed by atoms with E-state index < -0.39 is 6.04 Å². The molecule has 13 heteroatoms. The molecule has 12 nitrogen and oxygen atoms in total. The van der Waals surface area contributed by atoms with E-state index in [4.69, 9.17) is 27.9 Å². The fourth-order valence-electron chi connectivity index (χ4n) is 10.3. The third-order valence-corrected chi connectivity index (χ3v) is 14.6. The van der Waals surface area contributed by atoms with Crippen LogP contribution in [0.15, 0.2) is 72.9 Å². The van der Waals surface area contributed by atoms with Crippen LogP contribution in [0, 0.1) is 17.9 Å². The van der Waals surface area contributed by atoms with E-state index in [2.05, 4.69) is 68.0 Å². The van der Waals surface area contributed by atoms with Crippen LogP contribution in [-0.4, -0.2) is 89.3 Å². The molecule has 5 aliphatic rings. The summed E-state index contributed by atoms with van der Waals surface area (Å²) in [5.74, 6) is 1.47. The fourth-order valence-corrected chi connectivity index (χ4v) is 10.5. The molecule has 0 radical (unpaired) electrons. The zero-order valence-corrected chi connectivity index (χ0v) is 36.5. The lowest BCUT2D eigenvalue weighted by Crippen LogP contribution is -2.52. The second-order valence-electron chi connectivity index (χ2n) is 18.6. The van der Waals surface area contributed by atoms with Gasteiger partial charge in [0.1, 0.15) is 18.4 Å². The molecule has 1 unspecified atom stereocenters. The Morgan fingerprint density at radius 2 is 1.61 bits per heavy atom. The molecule has 1 aromatic heterocycles. The minimum Gasteiger partial charge on any atom is -0.487 e. The standard InChI is InChI=1S/C49H55ClN8O4/c1-48(2,36-27-37(50)29-39(28-36)51-3)35-4-7-41(8-5-35)62-32-38-12-19-52-47(53-38)57-24-17-49(18-25-57)15-22-55(23-16-49)30-33-13-20-56(21-14-33)40-6-9-42-34(26-40)31-58(46(42)61)43-10-11-44(59)54-45(43)60/h4-9,12,19,26-29,33,43H,10-11,13-18,20-25,30-32H2,1-2H3,(H,54,59,60). The molecule has 322 valence electrons. The summed E-state index contributed by atoms with van der Waals surface area (Å²) in [7, 11) is 0. The highest BCUT2D eigenvalue weighted by Crippen LogP contribution is 2.43. The van der Waals surface area contributed by atoms with Gasteiger partial charge in [-0.1, -0.05) is 43.6 Å². The van der Waals surface area contributed by atoms with Crippen LogP contribution in [0.3, 0.4) is 0 Å². The molecule has 6 heterocycles. The molecule has 1 atom stereocenters. The van der Waals surface area contributed by atoms with Gasteiger partial charge in [0, 0.05) is 73.6 Å². The lowest BCUT2D eigenvalue weighted by molar-refractivity contribution is -0.136. The topological polar surface area (TPSA) is 116 Å². The largest absolute Gasteiger partial charge is 0.487 e. The van der Waals surface area contributed by atoms with E-state index in [1.54, 1.807) is 11.0 Å². The SMILES string of the molecule is [C-]#[N+]c1cc(Cl)cc(C(C)(C)c2ccc(OCc3ccnc(N4CCC5(CCN(CC6CCN(c7ccc8c(c7)CN(C7CCC(=O)NC7=O)C8=O)CC6)CC5)CC4)n3)cc2)c1. The molecule has 1 spiro atoms. The number of hydrogen-bond acceptors (Lipinski definition) is 9. The predicted octanol–water partition coefficient (Wildman–Crippen LogP) is 7.95. The summed E-state index contributed by atoms with van der Waals surface area (Å²) in [6.07, 6.45) is 9.61. The van der Waals surface area contributed by atoms with Gasteiger partial charge in [-0.3, -0.25) is 19.7 Å². The number of hydrogen-bond donors (Lipinski definition) is 1. The molecule has 0 saturated carbocycles. The number of ether oxygens (including phenoxy) is 1. The van der Waals surface area contributed by atoms with E-state index >= 15 is 0 Å². The van der Waals surface area contributed by atoms with Gasteiger partial charge in [0.2, 0.25) is 17.8 Å². The number of halogens is 1. The van der Waals surface area contributed by atoms with Crippen molar-refractivity contribution in [3.63, 3.8) is 0 Å². The number of rotatable bonds is 10. The number of fused-ring (bicyclic) bond motifs is 1. The average molecular weight is 855 g/mol. The number of carbonyl (C=O) groups excluding carboxylic acids is 3. The minimum atomic E-state index is -0.588. The van der Waals surface area contributed by atoms with Crippen molar-refractivity contribution >= 4 is 46.6 Å². The number of aromatic nitrogens is 2. The molecule has 1 N–H and O–H groups in total. The first kappa shape index (κ1) is 41.8. The molecule has 4 aromatic rings. The predicted molar refractivity (Wildman–Crippen MR) is 240 cm³/mol. The van der Waals surface area contributed by atoms with E-state index in [1.807, 2.05) is 42.6 Å². The second-order valence-corrected chi connectivity index (χ2v) is 19.0. The number of carbonyl (C=O) groups is 3. The molecule has 3 amide bonds. The third kappa shape index (κ3) is 8.75. The number of amides is 3. The number of nitrogens with zero attached hydrogens (tertiary/aromatic N) is 7. The molecule has 62 heavy (non-hydrogen) atoms. The monoisotopic (exact) mass is 854 g/mol. The van der Waals surface area contributed by atoms with E-state index in [9.17, 15) is 14.4 Å². The molecule has 9 rings (SSSR count). The van der Waals surface area contributed by atoms with E-state index in [0.717, 1.165) is 111 Å². The first-order valence-electron chi connectivity index (χ1n) is 22.2. The summed E-state index contributed by atoms with van der Waals surface area (Å²) >= 11 is 6.33. The third-order valence-electron chi connectivity index (χ3n) is 14.4. The Kier molecular flexibility index (Phi) is 11.7. The van der Waals surface area contributed by atoms with E-state index in [-0.39, 0.29) is 29.6 Å². The van der Waals surface area contributed by atoms with Gasteiger partial charge in [-0.15, -0.1) is 0 Å². The average Bonchev–Trinajstić information content (AvgIpc) is 3.61. The van der Waals surface area contributed by atoms with Crippen LogP contribution in [0.2, 0.25) is 5.02 Å². The van der Waals surface area contributed by atoms with Gasteiger partial charge in [0.15, 0.2) is 5.69 Å². The van der Waals surface area contributed by atoms with Gasteiger partial charge in [0.05, 0.1) is 12.3 Å². The van der Waals surface area contributed by atoms with Crippen LogP contribution in [0.5, 0.6) is 5.75 Å². The van der Waals surface area contributed by atoms with Gasteiger partial charge in [-0.2, -0.15) is 0 Å². The lowest BCUT2D eigenvalue weighted by atomic mass is 9.71. The maximum atomic E-state index is 13.2. The Hall–Kier alpha value is -5.51. The van der Waals surface area contributed by atoms with E-state index in [1.165, 1.54) is 12.8 Å². The van der Waals surface area contributed by atoms with E-state index in [0.29, 0.717) is 47.2 Å². The highest BCUT2D eigenvalue weighted by Gasteiger charge is 2.41. The van der Waals surface area contributed by atoms with Crippen LogP contribution in [-0.2, 0) is 28.2 Å². The number of piperidine rings is 4. The summed E-state index contributed by atoms with van der Waals surface area (Å²) in [6, 6.07) is 21.1. The lowest BCUT2D eigenvalue weighted by Gasteiger charge is -2.47. The summed E-state index contributed by atoms with van der Waals surface area (Å²) < 4.78 is 6.18. The smallest absolute Gasteiger partial charge is 0.255 e. The zero-order chi connectivity index (χ0) is 43.0. The quantitative estimate of drug-likeness (QED) is 0.125. The zero-order valence-electron chi connectivity index (χ0n) is 35.7.